The van der Waals surface area contributed by atoms with E-state index in [4.69, 9.17) is 42.6 Å². The highest BCUT2D eigenvalue weighted by Gasteiger charge is 2.60. The zero-order valence-electron chi connectivity index (χ0n) is 40.1. The smallest absolute Gasteiger partial charge is 0.454 e. The number of azide groups is 1. The fraction of sp³-hybridized carbons (Fsp3) is 0.519. The molecule has 374 valence electrons. The van der Waals surface area contributed by atoms with E-state index in [1.165, 1.54) is 76.1 Å². The summed E-state index contributed by atoms with van der Waals surface area (Å²) in [7, 11) is 0. The molecule has 0 spiro atoms. The molecule has 69 heavy (non-hydrogen) atoms. The lowest BCUT2D eigenvalue weighted by molar-refractivity contribution is -0.355. The zero-order chi connectivity index (χ0) is 49.7. The maximum Gasteiger partial charge on any atom is 0.508 e. The number of ether oxygens (including phenoxy) is 9. The van der Waals surface area contributed by atoms with Gasteiger partial charge in [-0.1, -0.05) is 137 Å². The summed E-state index contributed by atoms with van der Waals surface area (Å²) in [6.45, 7) is 5.33. The van der Waals surface area contributed by atoms with Crippen molar-refractivity contribution in [2.75, 3.05) is 26.4 Å². The fourth-order valence-corrected chi connectivity index (χ4v) is 7.58. The number of unbranched alkanes of at least 4 members (excludes halogenated alkanes) is 11. The number of allylic oxidation sites excluding steroid dienone is 1. The first kappa shape index (κ1) is 55.2. The van der Waals surface area contributed by atoms with Gasteiger partial charge in [0.05, 0.1) is 36.5 Å². The van der Waals surface area contributed by atoms with E-state index >= 15 is 0 Å². The van der Waals surface area contributed by atoms with Gasteiger partial charge in [-0.25, -0.2) is 24.0 Å². The molecule has 0 unspecified atom stereocenters. The molecule has 0 radical (unpaired) electrons. The molecule has 1 saturated heterocycles. The van der Waals surface area contributed by atoms with E-state index < -0.39 is 85.8 Å². The SMILES string of the molecule is CCCCCCCCCCCCC/C=C/[C@@H](OC(=O)c1ccccc1)[C@H](CO[C@@]1(C)O[C@H](COC(=O)OCC)[C@H](OC(=O)OCC)[C@H](OC(=O)c2ccccc2)[C@H]1OC(=O)c1ccccc1)N=[N+]=[N-]. The van der Waals surface area contributed by atoms with Crippen molar-refractivity contribution in [1.82, 2.24) is 0 Å². The largest absolute Gasteiger partial charge is 0.508 e. The standard InChI is InChI=1S/C52H67N3O14/c1-5-8-9-10-11-12-13-14-15-16-17-18-28-35-42(65-47(56)38-29-22-19-23-30-38)41(54-55-53)36-64-52(4)46(68-49(58)40-33-26-21-27-34-40)45(66-48(57)39-31-24-20-25-32-39)44(67-51(60)62-7-3)43(69-52)37-63-50(59)61-6-2/h19-35,41-46H,5-18,36-37H2,1-4H3/b35-28+/t41-,42+,43+,44-,45-,46+,52-/m0/s1. The highest BCUT2D eigenvalue weighted by atomic mass is 16.8. The van der Waals surface area contributed by atoms with Crippen LogP contribution in [0, 0.1) is 0 Å². The van der Waals surface area contributed by atoms with E-state index in [0.717, 1.165) is 25.7 Å². The minimum absolute atomic E-state index is 0.0344. The second-order valence-electron chi connectivity index (χ2n) is 16.4. The molecule has 1 aliphatic heterocycles. The van der Waals surface area contributed by atoms with Crippen LogP contribution in [0.1, 0.15) is 136 Å². The van der Waals surface area contributed by atoms with Gasteiger partial charge in [-0.3, -0.25) is 0 Å². The van der Waals surface area contributed by atoms with E-state index in [1.807, 2.05) is 6.08 Å². The van der Waals surface area contributed by atoms with Gasteiger partial charge < -0.3 is 42.6 Å². The third kappa shape index (κ3) is 18.9. The van der Waals surface area contributed by atoms with E-state index in [-0.39, 0.29) is 29.9 Å². The van der Waals surface area contributed by atoms with Crippen molar-refractivity contribution < 1.29 is 66.6 Å². The monoisotopic (exact) mass is 957 g/mol. The van der Waals surface area contributed by atoms with E-state index in [1.54, 1.807) is 86.7 Å². The Morgan fingerprint density at radius 3 is 1.70 bits per heavy atom. The third-order valence-electron chi connectivity index (χ3n) is 11.2. The van der Waals surface area contributed by atoms with Gasteiger partial charge in [0.15, 0.2) is 18.3 Å². The van der Waals surface area contributed by atoms with Gasteiger partial charge in [0.2, 0.25) is 5.79 Å². The molecule has 0 saturated carbocycles. The van der Waals surface area contributed by atoms with Gasteiger partial charge in [0.1, 0.15) is 24.9 Å². The van der Waals surface area contributed by atoms with Crippen molar-refractivity contribution in [2.24, 2.45) is 5.11 Å². The minimum Gasteiger partial charge on any atom is -0.454 e. The van der Waals surface area contributed by atoms with E-state index in [0.29, 0.717) is 6.42 Å². The van der Waals surface area contributed by atoms with Gasteiger partial charge in [0, 0.05) is 4.91 Å². The summed E-state index contributed by atoms with van der Waals surface area (Å²) in [4.78, 5) is 70.2. The van der Waals surface area contributed by atoms with Crippen LogP contribution in [0.3, 0.4) is 0 Å². The molecule has 4 rings (SSSR count). The Labute approximate surface area is 404 Å². The number of carbonyl (C=O) groups excluding carboxylic acids is 5. The Morgan fingerprint density at radius 2 is 1.16 bits per heavy atom. The number of benzene rings is 3. The summed E-state index contributed by atoms with van der Waals surface area (Å²) >= 11 is 0. The topological polar surface area (TPSA) is 217 Å². The molecule has 0 bridgehead atoms. The van der Waals surface area contributed by atoms with Crippen LogP contribution in [0.4, 0.5) is 9.59 Å². The second kappa shape index (κ2) is 30.9. The molecule has 0 N–H and O–H groups in total. The fourth-order valence-electron chi connectivity index (χ4n) is 7.58. The molecule has 3 aromatic carbocycles. The molecular weight excluding hydrogens is 891 g/mol. The van der Waals surface area contributed by atoms with Crippen molar-refractivity contribution in [3.8, 4) is 0 Å². The van der Waals surface area contributed by atoms with E-state index in [9.17, 15) is 29.5 Å². The lowest BCUT2D eigenvalue weighted by Crippen LogP contribution is -2.68. The quantitative estimate of drug-likeness (QED) is 0.0120. The molecule has 17 heteroatoms. The number of rotatable bonds is 29. The van der Waals surface area contributed by atoms with Gasteiger partial charge in [-0.15, -0.1) is 0 Å². The first-order valence-corrected chi connectivity index (χ1v) is 24.0. The van der Waals surface area contributed by atoms with Crippen LogP contribution in [0.15, 0.2) is 108 Å². The van der Waals surface area contributed by atoms with Crippen LogP contribution >= 0.6 is 0 Å². The van der Waals surface area contributed by atoms with Crippen molar-refractivity contribution in [2.45, 2.75) is 147 Å². The molecule has 1 heterocycles. The lowest BCUT2D eigenvalue weighted by atomic mass is 9.92. The van der Waals surface area contributed by atoms with Crippen molar-refractivity contribution in [1.29, 1.82) is 0 Å². The zero-order valence-corrected chi connectivity index (χ0v) is 40.1. The van der Waals surface area contributed by atoms with Crippen LogP contribution in [0.2, 0.25) is 0 Å². The minimum atomic E-state index is -2.19. The number of carbonyl (C=O) groups is 5. The summed E-state index contributed by atoms with van der Waals surface area (Å²) in [5.41, 5.74) is 10.3. The van der Waals surface area contributed by atoms with Gasteiger partial charge >= 0.3 is 30.2 Å². The Kier molecular flexibility index (Phi) is 24.7. The molecule has 17 nitrogen and oxygen atoms in total. The number of hydrogen-bond acceptors (Lipinski definition) is 15. The van der Waals surface area contributed by atoms with Gasteiger partial charge in [0.25, 0.3) is 0 Å². The first-order valence-electron chi connectivity index (χ1n) is 24.0. The molecule has 0 aliphatic carbocycles. The molecule has 7 atom stereocenters. The molecule has 3 aromatic rings. The van der Waals surface area contributed by atoms with Gasteiger partial charge in [-0.2, -0.15) is 0 Å². The third-order valence-corrected chi connectivity index (χ3v) is 11.2. The summed E-state index contributed by atoms with van der Waals surface area (Å²) in [5, 5.41) is 3.99. The van der Waals surface area contributed by atoms with Crippen LogP contribution in [0.25, 0.3) is 10.4 Å². The van der Waals surface area contributed by atoms with Crippen molar-refractivity contribution in [3.63, 3.8) is 0 Å². The Balaban J connectivity index is 1.69. The predicted octanol–water partition coefficient (Wildman–Crippen LogP) is 11.4. The molecule has 0 amide bonds. The lowest BCUT2D eigenvalue weighted by Gasteiger charge is -2.49. The maximum atomic E-state index is 14.0. The molecular formula is C52H67N3O14. The molecule has 1 aliphatic rings. The first-order chi connectivity index (χ1) is 33.5. The Morgan fingerprint density at radius 1 is 0.652 bits per heavy atom. The highest BCUT2D eigenvalue weighted by Crippen LogP contribution is 2.38. The number of esters is 3. The predicted molar refractivity (Wildman–Crippen MR) is 254 cm³/mol. The van der Waals surface area contributed by atoms with Crippen LogP contribution in [-0.2, 0) is 42.6 Å². The normalized spacial score (nSPS) is 19.5. The summed E-state index contributed by atoms with van der Waals surface area (Å²) in [6, 6.07) is 22.8. The highest BCUT2D eigenvalue weighted by molar-refractivity contribution is 5.91. The average Bonchev–Trinajstić information content (AvgIpc) is 3.36. The maximum absolute atomic E-state index is 14.0. The number of hydrogen-bond donors (Lipinski definition) is 0. The van der Waals surface area contributed by atoms with Gasteiger partial charge in [-0.05, 0) is 81.6 Å². The van der Waals surface area contributed by atoms with Crippen LogP contribution < -0.4 is 0 Å². The van der Waals surface area contributed by atoms with Crippen molar-refractivity contribution in [3.05, 3.63) is 130 Å². The Hall–Kier alpha value is -6.42. The number of nitrogens with zero attached hydrogens (tertiary/aromatic N) is 3. The average molecular weight is 958 g/mol. The molecule has 1 fully saturated rings. The molecule has 0 aromatic heterocycles. The van der Waals surface area contributed by atoms with E-state index in [2.05, 4.69) is 16.9 Å². The summed E-state index contributed by atoms with van der Waals surface area (Å²) in [5.74, 6) is -4.73. The summed E-state index contributed by atoms with van der Waals surface area (Å²) < 4.78 is 52.3. The second-order valence-corrected chi connectivity index (χ2v) is 16.4. The van der Waals surface area contributed by atoms with Crippen LogP contribution in [-0.4, -0.2) is 99.0 Å². The van der Waals surface area contributed by atoms with Crippen LogP contribution in [0.5, 0.6) is 0 Å². The Bertz CT molecular complexity index is 2090. The summed E-state index contributed by atoms with van der Waals surface area (Å²) in [6.07, 6.45) is 6.90. The van der Waals surface area contributed by atoms with Crippen molar-refractivity contribution >= 4 is 30.2 Å².